The predicted molar refractivity (Wildman–Crippen MR) is 108 cm³/mol. The molecule has 4 rings (SSSR count). The quantitative estimate of drug-likeness (QED) is 0.613. The molecule has 0 radical (unpaired) electrons. The van der Waals surface area contributed by atoms with E-state index in [-0.39, 0.29) is 11.9 Å². The molecule has 1 fully saturated rings. The van der Waals surface area contributed by atoms with Crippen LogP contribution in [0.1, 0.15) is 41.7 Å². The Kier molecular flexibility index (Phi) is 5.88. The second-order valence-electron chi connectivity index (χ2n) is 7.46. The molecule has 4 heterocycles. The molecule has 0 aliphatic carbocycles. The lowest BCUT2D eigenvalue weighted by Gasteiger charge is -2.36. The van der Waals surface area contributed by atoms with Crippen molar-refractivity contribution in [3.05, 3.63) is 60.4 Å². The van der Waals surface area contributed by atoms with E-state index in [2.05, 4.69) is 15.2 Å². The van der Waals surface area contributed by atoms with E-state index in [0.29, 0.717) is 12.1 Å². The highest BCUT2D eigenvalue weighted by Gasteiger charge is 2.27. The fourth-order valence-electron chi connectivity index (χ4n) is 3.83. The van der Waals surface area contributed by atoms with Gasteiger partial charge < -0.3 is 14.3 Å². The fourth-order valence-corrected chi connectivity index (χ4v) is 3.83. The van der Waals surface area contributed by atoms with Crippen molar-refractivity contribution in [3.63, 3.8) is 0 Å². The van der Waals surface area contributed by atoms with Crippen LogP contribution < -0.4 is 4.90 Å². The maximum Gasteiger partial charge on any atom is 0.255 e. The number of aromatic nitrogens is 4. The molecular weight excluding hydrogens is 368 g/mol. The number of pyridine rings is 1. The molecule has 1 aliphatic heterocycles. The molecule has 1 amide bonds. The summed E-state index contributed by atoms with van der Waals surface area (Å²) in [5, 5.41) is 8.19. The molecule has 0 N–H and O–H groups in total. The Labute approximate surface area is 170 Å². The molecule has 3 aromatic rings. The number of hydrogen-bond acceptors (Lipinski definition) is 6. The summed E-state index contributed by atoms with van der Waals surface area (Å²) in [7, 11) is 1.94. The van der Waals surface area contributed by atoms with E-state index in [0.717, 1.165) is 50.3 Å². The minimum absolute atomic E-state index is 0.0633. The summed E-state index contributed by atoms with van der Waals surface area (Å²) < 4.78 is 6.80. The molecule has 1 saturated heterocycles. The molecule has 8 heteroatoms. The summed E-state index contributed by atoms with van der Waals surface area (Å²) in [6.07, 6.45) is 11.2. The Hall–Kier alpha value is -3.16. The number of aryl methyl sites for hydroxylation is 1. The first-order valence-corrected chi connectivity index (χ1v) is 10.1. The smallest absolute Gasteiger partial charge is 0.255 e. The molecular formula is C21H26N6O2. The van der Waals surface area contributed by atoms with Crippen molar-refractivity contribution >= 4 is 11.7 Å². The van der Waals surface area contributed by atoms with Crippen LogP contribution in [0.5, 0.6) is 0 Å². The average molecular weight is 394 g/mol. The normalized spacial score (nSPS) is 16.7. The summed E-state index contributed by atoms with van der Waals surface area (Å²) in [6.45, 7) is 2.22. The Morgan fingerprint density at radius 1 is 1.31 bits per heavy atom. The van der Waals surface area contributed by atoms with Gasteiger partial charge in [-0.2, -0.15) is 5.10 Å². The first kappa shape index (κ1) is 19.2. The molecule has 1 unspecified atom stereocenters. The van der Waals surface area contributed by atoms with Crippen molar-refractivity contribution in [1.82, 2.24) is 24.8 Å². The number of rotatable bonds is 7. The highest BCUT2D eigenvalue weighted by Crippen LogP contribution is 2.23. The predicted octanol–water partition coefficient (Wildman–Crippen LogP) is 2.99. The van der Waals surface area contributed by atoms with Crippen LogP contribution in [-0.4, -0.2) is 50.4 Å². The van der Waals surface area contributed by atoms with Gasteiger partial charge in [0.15, 0.2) is 0 Å². The summed E-state index contributed by atoms with van der Waals surface area (Å²) in [4.78, 5) is 21.6. The van der Waals surface area contributed by atoms with Gasteiger partial charge >= 0.3 is 0 Å². The summed E-state index contributed by atoms with van der Waals surface area (Å²) >= 11 is 0. The van der Waals surface area contributed by atoms with Crippen LogP contribution in [0.15, 0.2) is 53.6 Å². The number of likely N-dealkylation sites (tertiary alicyclic amines) is 1. The molecule has 1 aliphatic rings. The molecule has 0 spiro atoms. The van der Waals surface area contributed by atoms with E-state index in [1.165, 1.54) is 0 Å². The van der Waals surface area contributed by atoms with Gasteiger partial charge in [-0.3, -0.25) is 9.48 Å². The number of carbonyl (C=O) groups excluding carboxylic acids is 1. The van der Waals surface area contributed by atoms with Gasteiger partial charge in [-0.1, -0.05) is 5.16 Å². The van der Waals surface area contributed by atoms with Gasteiger partial charge in [0.05, 0.1) is 12.1 Å². The van der Waals surface area contributed by atoms with Crippen molar-refractivity contribution in [2.45, 2.75) is 44.8 Å². The van der Waals surface area contributed by atoms with Crippen LogP contribution in [0.2, 0.25) is 0 Å². The molecule has 29 heavy (non-hydrogen) atoms. The van der Waals surface area contributed by atoms with E-state index in [9.17, 15) is 4.79 Å². The second kappa shape index (κ2) is 8.89. The largest absolute Gasteiger partial charge is 0.364 e. The van der Waals surface area contributed by atoms with Crippen molar-refractivity contribution in [1.29, 1.82) is 0 Å². The van der Waals surface area contributed by atoms with E-state index >= 15 is 0 Å². The van der Waals surface area contributed by atoms with Gasteiger partial charge in [-0.05, 0) is 43.9 Å². The summed E-state index contributed by atoms with van der Waals surface area (Å²) in [5.74, 6) is 0.854. The van der Waals surface area contributed by atoms with Crippen molar-refractivity contribution < 1.29 is 9.32 Å². The van der Waals surface area contributed by atoms with Gasteiger partial charge in [0.2, 0.25) is 0 Å². The lowest BCUT2D eigenvalue weighted by atomic mass is 9.98. The number of piperidine rings is 1. The maximum absolute atomic E-state index is 13.1. The summed E-state index contributed by atoms with van der Waals surface area (Å²) in [6, 6.07) is 7.75. The molecule has 1 atom stereocenters. The number of hydrogen-bond donors (Lipinski definition) is 0. The monoisotopic (exact) mass is 394 g/mol. The molecule has 3 aromatic heterocycles. The van der Waals surface area contributed by atoms with Crippen LogP contribution in [0.25, 0.3) is 0 Å². The third-order valence-corrected chi connectivity index (χ3v) is 5.41. The first-order chi connectivity index (χ1) is 14.2. The number of anilines is 1. The van der Waals surface area contributed by atoms with Gasteiger partial charge in [-0.25, -0.2) is 4.98 Å². The van der Waals surface area contributed by atoms with E-state index in [4.69, 9.17) is 4.52 Å². The summed E-state index contributed by atoms with van der Waals surface area (Å²) in [5.41, 5.74) is 1.47. The minimum Gasteiger partial charge on any atom is -0.364 e. The number of nitrogens with zero attached hydrogens (tertiary/aromatic N) is 6. The topological polar surface area (TPSA) is 80.3 Å². The minimum atomic E-state index is 0.0633. The Bertz CT molecular complexity index is 892. The van der Waals surface area contributed by atoms with Crippen LogP contribution >= 0.6 is 0 Å². The third-order valence-electron chi connectivity index (χ3n) is 5.41. The van der Waals surface area contributed by atoms with E-state index in [1.54, 1.807) is 18.7 Å². The molecule has 0 aromatic carbocycles. The molecule has 8 nitrogen and oxygen atoms in total. The zero-order valence-corrected chi connectivity index (χ0v) is 16.6. The number of amides is 1. The highest BCUT2D eigenvalue weighted by atomic mass is 16.5. The van der Waals surface area contributed by atoms with Gasteiger partial charge in [0.25, 0.3) is 5.91 Å². The molecule has 0 saturated carbocycles. The molecule has 152 valence electrons. The van der Waals surface area contributed by atoms with Gasteiger partial charge in [-0.15, -0.1) is 0 Å². The van der Waals surface area contributed by atoms with Crippen LogP contribution in [0, 0.1) is 0 Å². The fraction of sp³-hybridized carbons (Fsp3) is 0.429. The maximum atomic E-state index is 13.1. The first-order valence-electron chi connectivity index (χ1n) is 10.1. The Morgan fingerprint density at radius 3 is 2.97 bits per heavy atom. The Balaban J connectivity index is 1.40. The zero-order valence-electron chi connectivity index (χ0n) is 16.6. The van der Waals surface area contributed by atoms with E-state index < -0.39 is 0 Å². The lowest BCUT2D eigenvalue weighted by molar-refractivity contribution is 0.0593. The second-order valence-corrected chi connectivity index (χ2v) is 7.46. The Morgan fingerprint density at radius 2 is 2.24 bits per heavy atom. The van der Waals surface area contributed by atoms with Gasteiger partial charge in [0.1, 0.15) is 17.8 Å². The highest BCUT2D eigenvalue weighted by molar-refractivity contribution is 5.94. The van der Waals surface area contributed by atoms with Crippen LogP contribution in [-0.2, 0) is 13.1 Å². The van der Waals surface area contributed by atoms with Crippen LogP contribution in [0.3, 0.4) is 0 Å². The van der Waals surface area contributed by atoms with Crippen molar-refractivity contribution in [3.8, 4) is 0 Å². The van der Waals surface area contributed by atoms with E-state index in [1.807, 2.05) is 52.0 Å². The van der Waals surface area contributed by atoms with Crippen molar-refractivity contribution in [2.24, 2.45) is 0 Å². The van der Waals surface area contributed by atoms with Crippen molar-refractivity contribution in [2.75, 3.05) is 18.5 Å². The lowest BCUT2D eigenvalue weighted by Crippen LogP contribution is -2.44. The molecule has 0 bridgehead atoms. The van der Waals surface area contributed by atoms with Gasteiger partial charge in [0, 0.05) is 50.8 Å². The third kappa shape index (κ3) is 4.64. The number of carbonyl (C=O) groups is 1. The zero-order chi connectivity index (χ0) is 20.1. The SMILES string of the molecule is CN(Cc1ccon1)c1ccc(C(=O)N2CCCCC2CCn2cccn2)cn1. The average Bonchev–Trinajstić information content (AvgIpc) is 3.46. The standard InChI is InChI=1S/C21H26N6O2/c1-25(16-18-9-14-29-24-18)20-7-6-17(15-22-20)21(28)27-12-3-2-5-19(27)8-13-26-11-4-10-23-26/h4,6-7,9-11,14-15,19H,2-3,5,8,12-13,16H2,1H3. The van der Waals surface area contributed by atoms with Crippen LogP contribution in [0.4, 0.5) is 5.82 Å².